The lowest BCUT2D eigenvalue weighted by atomic mass is 10.1. The van der Waals surface area contributed by atoms with E-state index in [2.05, 4.69) is 18.7 Å². The normalized spacial score (nSPS) is 25.0. The van der Waals surface area contributed by atoms with Gasteiger partial charge in [-0.2, -0.15) is 0 Å². The smallest absolute Gasteiger partial charge is 0.261 e. The molecule has 3 rings (SSSR count). The molecule has 0 aliphatic carbocycles. The third-order valence-corrected chi connectivity index (χ3v) is 4.48. The van der Waals surface area contributed by atoms with Crippen LogP contribution in [0.15, 0.2) is 24.3 Å². The van der Waals surface area contributed by atoms with Crippen molar-refractivity contribution in [1.29, 1.82) is 0 Å². The van der Waals surface area contributed by atoms with Crippen LogP contribution >= 0.6 is 0 Å². The van der Waals surface area contributed by atoms with Gasteiger partial charge in [0.2, 0.25) is 0 Å². The van der Waals surface area contributed by atoms with E-state index in [1.165, 1.54) is 4.90 Å². The first kappa shape index (κ1) is 16.1. The van der Waals surface area contributed by atoms with Crippen molar-refractivity contribution in [1.82, 2.24) is 9.80 Å². The van der Waals surface area contributed by atoms with Crippen LogP contribution < -0.4 is 0 Å². The summed E-state index contributed by atoms with van der Waals surface area (Å²) in [5.41, 5.74) is 1.07. The molecule has 0 spiro atoms. The molecule has 0 aromatic heterocycles. The highest BCUT2D eigenvalue weighted by molar-refractivity contribution is 6.21. The summed E-state index contributed by atoms with van der Waals surface area (Å²) in [4.78, 5) is 28.3. The van der Waals surface area contributed by atoms with Gasteiger partial charge < -0.3 is 4.74 Å². The molecule has 2 amide bonds. The Morgan fingerprint density at radius 3 is 2.04 bits per heavy atom. The van der Waals surface area contributed by atoms with Crippen molar-refractivity contribution in [3.8, 4) is 0 Å². The highest BCUT2D eigenvalue weighted by Crippen LogP contribution is 2.22. The second kappa shape index (κ2) is 6.81. The van der Waals surface area contributed by atoms with Crippen molar-refractivity contribution < 1.29 is 14.3 Å². The zero-order valence-electron chi connectivity index (χ0n) is 13.8. The summed E-state index contributed by atoms with van der Waals surface area (Å²) in [6.07, 6.45) is 2.36. The van der Waals surface area contributed by atoms with Crippen molar-refractivity contribution in [2.45, 2.75) is 38.9 Å². The molecule has 5 heteroatoms. The number of carbonyl (C=O) groups is 2. The molecule has 1 aromatic rings. The fraction of sp³-hybridized carbons (Fsp3) is 0.556. The Kier molecular flexibility index (Phi) is 4.78. The number of hydrogen-bond acceptors (Lipinski definition) is 4. The number of rotatable bonds is 5. The van der Waals surface area contributed by atoms with Gasteiger partial charge in [0.15, 0.2) is 0 Å². The molecule has 0 unspecified atom stereocenters. The van der Waals surface area contributed by atoms with E-state index in [1.807, 2.05) is 0 Å². The van der Waals surface area contributed by atoms with Gasteiger partial charge in [0.25, 0.3) is 11.8 Å². The van der Waals surface area contributed by atoms with Gasteiger partial charge in [0, 0.05) is 19.6 Å². The molecule has 2 atom stereocenters. The average Bonchev–Trinajstić information content (AvgIpc) is 2.75. The molecule has 1 fully saturated rings. The van der Waals surface area contributed by atoms with Gasteiger partial charge in [-0.25, -0.2) is 0 Å². The van der Waals surface area contributed by atoms with Crippen LogP contribution in [0.1, 0.15) is 47.4 Å². The maximum atomic E-state index is 12.3. The van der Waals surface area contributed by atoms with Crippen molar-refractivity contribution >= 4 is 11.8 Å². The number of hydrogen-bond donors (Lipinski definition) is 0. The first-order valence-electron chi connectivity index (χ1n) is 8.39. The number of nitrogens with zero attached hydrogens (tertiary/aromatic N) is 2. The number of fused-ring (bicyclic) bond motifs is 1. The van der Waals surface area contributed by atoms with E-state index in [0.29, 0.717) is 17.7 Å². The van der Waals surface area contributed by atoms with E-state index in [1.54, 1.807) is 24.3 Å². The number of benzene rings is 1. The number of morpholine rings is 1. The second-order valence-electron chi connectivity index (χ2n) is 6.53. The third kappa shape index (κ3) is 3.46. The number of carbonyl (C=O) groups excluding carboxylic acids is 2. The summed E-state index contributed by atoms with van der Waals surface area (Å²) < 4.78 is 5.73. The van der Waals surface area contributed by atoms with Crippen LogP contribution in [0, 0.1) is 0 Å². The van der Waals surface area contributed by atoms with Crippen LogP contribution in [0.5, 0.6) is 0 Å². The SMILES string of the molecule is C[C@@H]1CN(CCCCN2C(=O)c3ccccc3C2=O)C[C@H](C)O1. The number of ether oxygens (including phenoxy) is 1. The lowest BCUT2D eigenvalue weighted by molar-refractivity contribution is -0.0681. The fourth-order valence-electron chi connectivity index (χ4n) is 3.51. The standard InChI is InChI=1S/C18H24N2O3/c1-13-11-19(12-14(2)23-13)9-5-6-10-20-17(21)15-7-3-4-8-16(15)18(20)22/h3-4,7-8,13-14H,5-6,9-12H2,1-2H3/t13-,14+. The molecule has 124 valence electrons. The van der Waals surface area contributed by atoms with Gasteiger partial charge in [-0.05, 0) is 45.4 Å². The summed E-state index contributed by atoms with van der Waals surface area (Å²) >= 11 is 0. The molecule has 1 saturated heterocycles. The fourth-order valence-corrected chi connectivity index (χ4v) is 3.51. The Morgan fingerprint density at radius 2 is 1.48 bits per heavy atom. The van der Waals surface area contributed by atoms with E-state index in [9.17, 15) is 9.59 Å². The van der Waals surface area contributed by atoms with Gasteiger partial charge in [-0.15, -0.1) is 0 Å². The first-order valence-corrected chi connectivity index (χ1v) is 8.39. The molecule has 0 N–H and O–H groups in total. The van der Waals surface area contributed by atoms with E-state index in [-0.39, 0.29) is 24.0 Å². The molecule has 5 nitrogen and oxygen atoms in total. The van der Waals surface area contributed by atoms with Crippen LogP contribution in [-0.4, -0.2) is 60.0 Å². The van der Waals surface area contributed by atoms with E-state index in [0.717, 1.165) is 32.5 Å². The van der Waals surface area contributed by atoms with Gasteiger partial charge in [0.05, 0.1) is 23.3 Å². The predicted molar refractivity (Wildman–Crippen MR) is 87.5 cm³/mol. The summed E-state index contributed by atoms with van der Waals surface area (Å²) in [6, 6.07) is 7.06. The molecular weight excluding hydrogens is 292 g/mol. The molecule has 0 radical (unpaired) electrons. The third-order valence-electron chi connectivity index (χ3n) is 4.48. The predicted octanol–water partition coefficient (Wildman–Crippen LogP) is 2.17. The van der Waals surface area contributed by atoms with Crippen molar-refractivity contribution in [3.63, 3.8) is 0 Å². The number of amides is 2. The molecular formula is C18H24N2O3. The van der Waals surface area contributed by atoms with Crippen molar-refractivity contribution in [2.75, 3.05) is 26.2 Å². The maximum absolute atomic E-state index is 12.3. The highest BCUT2D eigenvalue weighted by atomic mass is 16.5. The van der Waals surface area contributed by atoms with Crippen LogP contribution in [0.25, 0.3) is 0 Å². The Hall–Kier alpha value is -1.72. The molecule has 1 aromatic carbocycles. The lowest BCUT2D eigenvalue weighted by Gasteiger charge is -2.35. The molecule has 23 heavy (non-hydrogen) atoms. The summed E-state index contributed by atoms with van der Waals surface area (Å²) in [5, 5.41) is 0. The Bertz CT molecular complexity index is 557. The van der Waals surface area contributed by atoms with Gasteiger partial charge >= 0.3 is 0 Å². The van der Waals surface area contributed by atoms with Gasteiger partial charge in [-0.1, -0.05) is 12.1 Å². The zero-order valence-corrected chi connectivity index (χ0v) is 13.8. The zero-order chi connectivity index (χ0) is 16.4. The summed E-state index contributed by atoms with van der Waals surface area (Å²) in [6.45, 7) is 7.60. The minimum absolute atomic E-state index is 0.154. The van der Waals surface area contributed by atoms with Crippen LogP contribution in [0.4, 0.5) is 0 Å². The molecule has 0 saturated carbocycles. The molecule has 2 heterocycles. The number of imide groups is 1. The van der Waals surface area contributed by atoms with Crippen LogP contribution in [0.2, 0.25) is 0 Å². The monoisotopic (exact) mass is 316 g/mol. The van der Waals surface area contributed by atoms with Gasteiger partial charge in [-0.3, -0.25) is 19.4 Å². The minimum Gasteiger partial charge on any atom is -0.373 e. The van der Waals surface area contributed by atoms with Crippen molar-refractivity contribution in [3.05, 3.63) is 35.4 Å². The van der Waals surface area contributed by atoms with Crippen LogP contribution in [0.3, 0.4) is 0 Å². The summed E-state index contributed by atoms with van der Waals surface area (Å²) in [5.74, 6) is -0.307. The Labute approximate surface area is 137 Å². The maximum Gasteiger partial charge on any atom is 0.261 e. The Balaban J connectivity index is 1.47. The number of unbranched alkanes of at least 4 members (excludes halogenated alkanes) is 1. The Morgan fingerprint density at radius 1 is 0.957 bits per heavy atom. The van der Waals surface area contributed by atoms with E-state index in [4.69, 9.17) is 4.74 Å². The largest absolute Gasteiger partial charge is 0.373 e. The van der Waals surface area contributed by atoms with Gasteiger partial charge in [0.1, 0.15) is 0 Å². The van der Waals surface area contributed by atoms with E-state index < -0.39 is 0 Å². The molecule has 2 aliphatic rings. The van der Waals surface area contributed by atoms with Crippen molar-refractivity contribution in [2.24, 2.45) is 0 Å². The lowest BCUT2D eigenvalue weighted by Crippen LogP contribution is -2.45. The topological polar surface area (TPSA) is 49.9 Å². The second-order valence-corrected chi connectivity index (χ2v) is 6.53. The first-order chi connectivity index (χ1) is 11.1. The molecule has 0 bridgehead atoms. The van der Waals surface area contributed by atoms with Crippen LogP contribution in [-0.2, 0) is 4.74 Å². The minimum atomic E-state index is -0.154. The summed E-state index contributed by atoms with van der Waals surface area (Å²) in [7, 11) is 0. The molecule has 2 aliphatic heterocycles. The van der Waals surface area contributed by atoms with E-state index >= 15 is 0 Å². The average molecular weight is 316 g/mol. The quantitative estimate of drug-likeness (QED) is 0.617. The highest BCUT2D eigenvalue weighted by Gasteiger charge is 2.34.